The summed E-state index contributed by atoms with van der Waals surface area (Å²) in [5, 5.41) is 11.0. The Labute approximate surface area is 145 Å². The predicted octanol–water partition coefficient (Wildman–Crippen LogP) is 3.79. The molecule has 1 N–H and O–H groups in total. The van der Waals surface area contributed by atoms with Gasteiger partial charge in [-0.25, -0.2) is 4.79 Å². The van der Waals surface area contributed by atoms with Crippen LogP contribution in [0.25, 0.3) is 0 Å². The minimum absolute atomic E-state index is 0.146. The van der Waals surface area contributed by atoms with Crippen molar-refractivity contribution in [1.29, 1.82) is 0 Å². The molecule has 24 heavy (non-hydrogen) atoms. The summed E-state index contributed by atoms with van der Waals surface area (Å²) in [6.07, 6.45) is 5.34. The fourth-order valence-electron chi connectivity index (χ4n) is 3.74. The SMILES string of the molecule is C/C=C(\C)C(=O)O[C@H]1C/C(C)=C/CC[C@]2(C)O[C@H]2[C@H](O)[C@@H]1C(C)C. The second-order valence-corrected chi connectivity index (χ2v) is 7.87. The number of esters is 1. The van der Waals surface area contributed by atoms with E-state index in [1.165, 1.54) is 5.57 Å². The van der Waals surface area contributed by atoms with Gasteiger partial charge in [-0.2, -0.15) is 0 Å². The second kappa shape index (κ2) is 7.40. The summed E-state index contributed by atoms with van der Waals surface area (Å²) in [5.41, 5.74) is 1.54. The Bertz CT molecular complexity index is 534. The first-order chi connectivity index (χ1) is 11.2. The van der Waals surface area contributed by atoms with E-state index < -0.39 is 6.10 Å². The molecule has 1 aliphatic carbocycles. The number of hydrogen-bond donors (Lipinski definition) is 1. The molecule has 1 heterocycles. The van der Waals surface area contributed by atoms with Crippen LogP contribution in [0.2, 0.25) is 0 Å². The molecule has 0 unspecified atom stereocenters. The molecular formula is C20H32O4. The van der Waals surface area contributed by atoms with Gasteiger partial charge >= 0.3 is 5.97 Å². The van der Waals surface area contributed by atoms with Crippen LogP contribution in [0.1, 0.15) is 60.8 Å². The van der Waals surface area contributed by atoms with Crippen LogP contribution in [0.4, 0.5) is 0 Å². The molecule has 0 aromatic heterocycles. The van der Waals surface area contributed by atoms with Crippen LogP contribution in [0.5, 0.6) is 0 Å². The highest BCUT2D eigenvalue weighted by atomic mass is 16.6. The van der Waals surface area contributed by atoms with Crippen LogP contribution < -0.4 is 0 Å². The highest BCUT2D eigenvalue weighted by Crippen LogP contribution is 2.47. The maximum Gasteiger partial charge on any atom is 0.333 e. The molecule has 0 radical (unpaired) electrons. The molecule has 2 aliphatic rings. The Kier molecular flexibility index (Phi) is 5.92. The molecular weight excluding hydrogens is 304 g/mol. The van der Waals surface area contributed by atoms with Crippen LogP contribution in [-0.4, -0.2) is 35.0 Å². The molecule has 1 saturated heterocycles. The van der Waals surface area contributed by atoms with E-state index in [2.05, 4.69) is 33.8 Å². The van der Waals surface area contributed by atoms with Crippen LogP contribution in [0.3, 0.4) is 0 Å². The first kappa shape index (κ1) is 19.2. The molecule has 136 valence electrons. The number of hydrogen-bond acceptors (Lipinski definition) is 4. The Morgan fingerprint density at radius 3 is 2.75 bits per heavy atom. The van der Waals surface area contributed by atoms with Crippen LogP contribution >= 0.6 is 0 Å². The first-order valence-corrected chi connectivity index (χ1v) is 9.05. The average molecular weight is 336 g/mol. The molecule has 1 aliphatic heterocycles. The van der Waals surface area contributed by atoms with Gasteiger partial charge in [0, 0.05) is 17.9 Å². The first-order valence-electron chi connectivity index (χ1n) is 9.05. The van der Waals surface area contributed by atoms with Gasteiger partial charge in [-0.05, 0) is 46.5 Å². The fourth-order valence-corrected chi connectivity index (χ4v) is 3.74. The van der Waals surface area contributed by atoms with Crippen LogP contribution in [0.15, 0.2) is 23.3 Å². The van der Waals surface area contributed by atoms with Crippen molar-refractivity contribution < 1.29 is 19.4 Å². The maximum absolute atomic E-state index is 12.3. The van der Waals surface area contributed by atoms with Crippen molar-refractivity contribution in [3.63, 3.8) is 0 Å². The number of aliphatic hydroxyl groups excluding tert-OH is 1. The number of carbonyl (C=O) groups excluding carboxylic acids is 1. The minimum atomic E-state index is -0.621. The van der Waals surface area contributed by atoms with Gasteiger partial charge in [0.15, 0.2) is 0 Å². The van der Waals surface area contributed by atoms with E-state index in [9.17, 15) is 9.90 Å². The third-order valence-electron chi connectivity index (χ3n) is 5.51. The molecule has 4 heteroatoms. The molecule has 0 bridgehead atoms. The zero-order valence-corrected chi connectivity index (χ0v) is 15.8. The van der Waals surface area contributed by atoms with Gasteiger partial charge in [-0.15, -0.1) is 0 Å². The highest BCUT2D eigenvalue weighted by Gasteiger charge is 2.58. The van der Waals surface area contributed by atoms with Gasteiger partial charge in [-0.3, -0.25) is 0 Å². The number of epoxide rings is 1. The molecule has 0 saturated carbocycles. The van der Waals surface area contributed by atoms with Crippen molar-refractivity contribution >= 4 is 5.97 Å². The summed E-state index contributed by atoms with van der Waals surface area (Å²) < 4.78 is 11.7. The maximum atomic E-state index is 12.3. The lowest BCUT2D eigenvalue weighted by molar-refractivity contribution is -0.151. The van der Waals surface area contributed by atoms with E-state index in [4.69, 9.17) is 9.47 Å². The van der Waals surface area contributed by atoms with Gasteiger partial charge in [0.2, 0.25) is 0 Å². The zero-order chi connectivity index (χ0) is 18.1. The van der Waals surface area contributed by atoms with Crippen molar-refractivity contribution in [2.75, 3.05) is 0 Å². The van der Waals surface area contributed by atoms with Crippen LogP contribution in [0, 0.1) is 11.8 Å². The third-order valence-corrected chi connectivity index (χ3v) is 5.51. The van der Waals surface area contributed by atoms with Gasteiger partial charge in [-0.1, -0.05) is 31.6 Å². The molecule has 4 nitrogen and oxygen atoms in total. The van der Waals surface area contributed by atoms with Gasteiger partial charge < -0.3 is 14.6 Å². The lowest BCUT2D eigenvalue weighted by atomic mass is 9.78. The van der Waals surface area contributed by atoms with E-state index >= 15 is 0 Å². The van der Waals surface area contributed by atoms with Gasteiger partial charge in [0.25, 0.3) is 0 Å². The highest BCUT2D eigenvalue weighted by molar-refractivity contribution is 5.87. The topological polar surface area (TPSA) is 59.1 Å². The number of carbonyl (C=O) groups is 1. The van der Waals surface area contributed by atoms with Crippen molar-refractivity contribution in [2.24, 2.45) is 11.8 Å². The molecule has 0 amide bonds. The van der Waals surface area contributed by atoms with E-state index in [0.29, 0.717) is 12.0 Å². The Morgan fingerprint density at radius 2 is 2.17 bits per heavy atom. The Morgan fingerprint density at radius 1 is 1.50 bits per heavy atom. The number of fused-ring (bicyclic) bond motifs is 1. The van der Waals surface area contributed by atoms with E-state index in [1.54, 1.807) is 13.0 Å². The summed E-state index contributed by atoms with van der Waals surface area (Å²) >= 11 is 0. The van der Waals surface area contributed by atoms with Gasteiger partial charge in [0.1, 0.15) is 12.2 Å². The van der Waals surface area contributed by atoms with Crippen molar-refractivity contribution in [3.8, 4) is 0 Å². The fraction of sp³-hybridized carbons (Fsp3) is 0.750. The second-order valence-electron chi connectivity index (χ2n) is 7.87. The lowest BCUT2D eigenvalue weighted by Crippen LogP contribution is -2.43. The summed E-state index contributed by atoms with van der Waals surface area (Å²) in [4.78, 5) is 12.3. The smallest absolute Gasteiger partial charge is 0.333 e. The van der Waals surface area contributed by atoms with Crippen LogP contribution in [-0.2, 0) is 14.3 Å². The average Bonchev–Trinajstić information content (AvgIpc) is 3.17. The van der Waals surface area contributed by atoms with Crippen molar-refractivity contribution in [3.05, 3.63) is 23.3 Å². The summed E-state index contributed by atoms with van der Waals surface area (Å²) in [7, 11) is 0. The summed E-state index contributed by atoms with van der Waals surface area (Å²) in [5.74, 6) is -0.263. The van der Waals surface area contributed by atoms with Crippen molar-refractivity contribution in [1.82, 2.24) is 0 Å². The normalized spacial score (nSPS) is 39.7. The Balaban J connectivity index is 2.30. The summed E-state index contributed by atoms with van der Waals surface area (Å²) in [6, 6.07) is 0. The van der Waals surface area contributed by atoms with E-state index in [0.717, 1.165) is 12.8 Å². The van der Waals surface area contributed by atoms with Gasteiger partial charge in [0.05, 0.1) is 11.7 Å². The molecule has 0 aromatic carbocycles. The number of ether oxygens (including phenoxy) is 2. The largest absolute Gasteiger partial charge is 0.458 e. The molecule has 2 rings (SSSR count). The minimum Gasteiger partial charge on any atom is -0.458 e. The quantitative estimate of drug-likeness (QED) is 0.369. The molecule has 1 fully saturated rings. The standard InChI is InChI=1S/C20H32O4/c1-7-14(5)19(22)23-15-11-13(4)9-8-10-20(6)18(24-20)17(21)16(15)12(2)3/h7,9,12,15-18,21H,8,10-11H2,1-6H3/b13-9+,14-7+/t15-,16+,17+,18-,20-/m0/s1. The molecule has 0 spiro atoms. The molecule has 0 aromatic rings. The lowest BCUT2D eigenvalue weighted by Gasteiger charge is -2.34. The van der Waals surface area contributed by atoms with Crippen molar-refractivity contribution in [2.45, 2.75) is 84.7 Å². The summed E-state index contributed by atoms with van der Waals surface area (Å²) in [6.45, 7) is 11.9. The van der Waals surface area contributed by atoms with E-state index in [1.807, 2.05) is 6.92 Å². The number of rotatable bonds is 3. The number of allylic oxidation sites excluding steroid dienone is 2. The van der Waals surface area contributed by atoms with E-state index in [-0.39, 0.29) is 35.6 Å². The number of aliphatic hydroxyl groups is 1. The zero-order valence-electron chi connectivity index (χ0n) is 15.8. The predicted molar refractivity (Wildman–Crippen MR) is 94.5 cm³/mol. The Hall–Kier alpha value is -1.13. The monoisotopic (exact) mass is 336 g/mol. The third kappa shape index (κ3) is 4.09. The molecule has 5 atom stereocenters.